The third-order valence-corrected chi connectivity index (χ3v) is 6.93. The molecular weight excluding hydrogens is 426 g/mol. The third-order valence-electron chi connectivity index (χ3n) is 4.50. The van der Waals surface area contributed by atoms with Gasteiger partial charge >= 0.3 is 0 Å². The number of hydrogen-bond donors (Lipinski definition) is 0. The van der Waals surface area contributed by atoms with Crippen molar-refractivity contribution in [1.82, 2.24) is 14.8 Å². The van der Waals surface area contributed by atoms with Crippen molar-refractivity contribution in [2.24, 2.45) is 0 Å². The van der Waals surface area contributed by atoms with Crippen LogP contribution in [-0.4, -0.2) is 21.6 Å². The van der Waals surface area contributed by atoms with Gasteiger partial charge in [0, 0.05) is 16.2 Å². The van der Waals surface area contributed by atoms with Crippen LogP contribution in [0.2, 0.25) is 4.34 Å². The number of hydrogen-bond acceptors (Lipinski definition) is 6. The molecule has 0 unspecified atom stereocenters. The molecule has 0 radical (unpaired) electrons. The van der Waals surface area contributed by atoms with Gasteiger partial charge in [0.1, 0.15) is 0 Å². The first-order valence-corrected chi connectivity index (χ1v) is 11.2. The number of halogens is 1. The van der Waals surface area contributed by atoms with E-state index in [0.717, 1.165) is 43.7 Å². The molecule has 29 heavy (non-hydrogen) atoms. The summed E-state index contributed by atoms with van der Waals surface area (Å²) < 4.78 is 13.9. The molecule has 146 valence electrons. The molecule has 0 spiro atoms. The van der Waals surface area contributed by atoms with Crippen molar-refractivity contribution in [3.8, 4) is 22.9 Å². The maximum atomic E-state index is 6.07. The molecule has 2 aromatic heterocycles. The summed E-state index contributed by atoms with van der Waals surface area (Å²) in [7, 11) is 0. The van der Waals surface area contributed by atoms with Crippen molar-refractivity contribution < 1.29 is 9.47 Å². The van der Waals surface area contributed by atoms with Crippen LogP contribution < -0.4 is 9.47 Å². The molecular formula is C21H16ClN3O2S2. The second-order valence-corrected chi connectivity index (χ2v) is 9.18. The standard InChI is InChI=1S/C21H16ClN3O2S2/c22-19-9-7-16(29-19)12-28-21-24-23-20(15-4-2-1-3-5-15)25(21)11-14-6-8-17-18(10-14)27-13-26-17/h1-10H,11-13H2. The van der Waals surface area contributed by atoms with E-state index in [1.165, 1.54) is 4.88 Å². The molecule has 4 aromatic rings. The van der Waals surface area contributed by atoms with Crippen LogP contribution >= 0.6 is 34.7 Å². The van der Waals surface area contributed by atoms with Gasteiger partial charge in [0.05, 0.1) is 10.9 Å². The Labute approximate surface area is 181 Å². The van der Waals surface area contributed by atoms with Gasteiger partial charge in [0.2, 0.25) is 6.79 Å². The number of benzene rings is 2. The Hall–Kier alpha value is -2.48. The highest BCUT2D eigenvalue weighted by Crippen LogP contribution is 2.34. The molecule has 0 saturated carbocycles. The van der Waals surface area contributed by atoms with Gasteiger partial charge in [-0.25, -0.2) is 0 Å². The molecule has 0 atom stereocenters. The van der Waals surface area contributed by atoms with Crippen molar-refractivity contribution in [2.45, 2.75) is 17.5 Å². The number of fused-ring (bicyclic) bond motifs is 1. The fraction of sp³-hybridized carbons (Fsp3) is 0.143. The van der Waals surface area contributed by atoms with E-state index in [9.17, 15) is 0 Å². The van der Waals surface area contributed by atoms with Crippen LogP contribution in [0.25, 0.3) is 11.4 Å². The number of rotatable bonds is 6. The molecule has 0 fully saturated rings. The largest absolute Gasteiger partial charge is 0.454 e. The number of aromatic nitrogens is 3. The van der Waals surface area contributed by atoms with Crippen LogP contribution in [-0.2, 0) is 12.3 Å². The molecule has 0 bridgehead atoms. The zero-order chi connectivity index (χ0) is 19.6. The predicted octanol–water partition coefficient (Wildman–Crippen LogP) is 5.73. The molecule has 0 aliphatic carbocycles. The highest BCUT2D eigenvalue weighted by Gasteiger charge is 2.18. The summed E-state index contributed by atoms with van der Waals surface area (Å²) in [6.07, 6.45) is 0. The summed E-state index contributed by atoms with van der Waals surface area (Å²) in [5.41, 5.74) is 2.14. The van der Waals surface area contributed by atoms with E-state index in [0.29, 0.717) is 6.54 Å². The first kappa shape index (κ1) is 18.5. The van der Waals surface area contributed by atoms with Crippen molar-refractivity contribution >= 4 is 34.7 Å². The Kier molecular flexibility index (Phi) is 5.18. The Bertz CT molecular complexity index is 1140. The first-order chi connectivity index (χ1) is 14.3. The SMILES string of the molecule is Clc1ccc(CSc2nnc(-c3ccccc3)n2Cc2ccc3c(c2)OCO3)s1. The van der Waals surface area contributed by atoms with Crippen LogP contribution in [0.3, 0.4) is 0 Å². The van der Waals surface area contributed by atoms with Gasteiger partial charge in [0.15, 0.2) is 22.5 Å². The first-order valence-electron chi connectivity index (χ1n) is 9.00. The van der Waals surface area contributed by atoms with Crippen molar-refractivity contribution in [2.75, 3.05) is 6.79 Å². The van der Waals surface area contributed by atoms with Crippen molar-refractivity contribution in [3.63, 3.8) is 0 Å². The van der Waals surface area contributed by atoms with E-state index < -0.39 is 0 Å². The molecule has 5 rings (SSSR count). The van der Waals surface area contributed by atoms with E-state index in [4.69, 9.17) is 21.1 Å². The summed E-state index contributed by atoms with van der Waals surface area (Å²) in [6.45, 7) is 0.909. The lowest BCUT2D eigenvalue weighted by atomic mass is 10.2. The normalized spacial score (nSPS) is 12.4. The van der Waals surface area contributed by atoms with E-state index in [1.54, 1.807) is 23.1 Å². The molecule has 0 saturated heterocycles. The Morgan fingerprint density at radius 1 is 1.00 bits per heavy atom. The lowest BCUT2D eigenvalue weighted by Gasteiger charge is -2.11. The van der Waals surface area contributed by atoms with Gasteiger partial charge in [-0.15, -0.1) is 21.5 Å². The minimum atomic E-state index is 0.269. The van der Waals surface area contributed by atoms with Crippen LogP contribution in [0, 0.1) is 0 Å². The fourth-order valence-electron chi connectivity index (χ4n) is 3.13. The maximum absolute atomic E-state index is 6.07. The smallest absolute Gasteiger partial charge is 0.231 e. The zero-order valence-corrected chi connectivity index (χ0v) is 17.6. The van der Waals surface area contributed by atoms with E-state index >= 15 is 0 Å². The maximum Gasteiger partial charge on any atom is 0.231 e. The molecule has 3 heterocycles. The molecule has 0 N–H and O–H groups in total. The Balaban J connectivity index is 1.47. The van der Waals surface area contributed by atoms with Crippen molar-refractivity contribution in [1.29, 1.82) is 0 Å². The van der Waals surface area contributed by atoms with Crippen LogP contribution in [0.5, 0.6) is 11.5 Å². The van der Waals surface area contributed by atoms with Crippen LogP contribution in [0.1, 0.15) is 10.4 Å². The second-order valence-electron chi connectivity index (χ2n) is 6.44. The Morgan fingerprint density at radius 3 is 2.69 bits per heavy atom. The van der Waals surface area contributed by atoms with Crippen molar-refractivity contribution in [3.05, 3.63) is 75.4 Å². The van der Waals surface area contributed by atoms with Crippen LogP contribution in [0.4, 0.5) is 0 Å². The lowest BCUT2D eigenvalue weighted by Crippen LogP contribution is -2.04. The monoisotopic (exact) mass is 441 g/mol. The van der Waals surface area contributed by atoms with E-state index in [2.05, 4.69) is 26.9 Å². The Morgan fingerprint density at radius 2 is 1.86 bits per heavy atom. The third kappa shape index (κ3) is 3.99. The number of ether oxygens (including phenoxy) is 2. The van der Waals surface area contributed by atoms with Gasteiger partial charge < -0.3 is 9.47 Å². The van der Waals surface area contributed by atoms with Crippen LogP contribution in [0.15, 0.2) is 65.8 Å². The summed E-state index contributed by atoms with van der Waals surface area (Å²) in [5.74, 6) is 3.20. The molecule has 8 heteroatoms. The molecule has 0 amide bonds. The highest BCUT2D eigenvalue weighted by atomic mass is 35.5. The topological polar surface area (TPSA) is 49.2 Å². The van der Waals surface area contributed by atoms with E-state index in [-0.39, 0.29) is 6.79 Å². The molecule has 1 aliphatic rings. The van der Waals surface area contributed by atoms with Gasteiger partial charge in [-0.2, -0.15) is 0 Å². The summed E-state index contributed by atoms with van der Waals surface area (Å²) in [4.78, 5) is 1.21. The van der Waals surface area contributed by atoms with Gasteiger partial charge in [-0.05, 0) is 29.8 Å². The van der Waals surface area contributed by atoms with Gasteiger partial charge in [0.25, 0.3) is 0 Å². The number of nitrogens with zero attached hydrogens (tertiary/aromatic N) is 3. The minimum Gasteiger partial charge on any atom is -0.454 e. The summed E-state index contributed by atoms with van der Waals surface area (Å²) in [5, 5.41) is 9.83. The number of thiophene rings is 1. The summed E-state index contributed by atoms with van der Waals surface area (Å²) in [6, 6.07) is 20.1. The molecule has 1 aliphatic heterocycles. The summed E-state index contributed by atoms with van der Waals surface area (Å²) >= 11 is 9.31. The zero-order valence-electron chi connectivity index (χ0n) is 15.2. The minimum absolute atomic E-state index is 0.269. The second kappa shape index (κ2) is 8.10. The highest BCUT2D eigenvalue weighted by molar-refractivity contribution is 7.98. The average molecular weight is 442 g/mol. The lowest BCUT2D eigenvalue weighted by molar-refractivity contribution is 0.174. The fourth-order valence-corrected chi connectivity index (χ4v) is 5.19. The predicted molar refractivity (Wildman–Crippen MR) is 116 cm³/mol. The molecule has 2 aromatic carbocycles. The number of thioether (sulfide) groups is 1. The van der Waals surface area contributed by atoms with Gasteiger partial charge in [-0.3, -0.25) is 4.57 Å². The van der Waals surface area contributed by atoms with Gasteiger partial charge in [-0.1, -0.05) is 59.8 Å². The van der Waals surface area contributed by atoms with E-state index in [1.807, 2.05) is 48.5 Å². The average Bonchev–Trinajstić information content (AvgIpc) is 3.47. The molecule has 5 nitrogen and oxygen atoms in total. The quantitative estimate of drug-likeness (QED) is 0.357.